The summed E-state index contributed by atoms with van der Waals surface area (Å²) in [4.78, 5) is 31.1. The number of para-hydroxylation sites is 2. The standard InChI is InChI=1S/C22H24F2N6O3/c1-15(20-26-18-4-2-3-5-19(18)29(20)21(23)24)14-25-22(31)28-12-10-27(11-13-28)16-6-8-17(9-7-16)30(32)33/h2-9,15,21H,10-14H2,1H3,(H,25,31)/t15-/m1/s1. The third kappa shape index (κ3) is 4.71. The van der Waals surface area contributed by atoms with Crippen molar-refractivity contribution in [2.24, 2.45) is 0 Å². The van der Waals surface area contributed by atoms with Crippen LogP contribution in [0.4, 0.5) is 25.0 Å². The van der Waals surface area contributed by atoms with Crippen molar-refractivity contribution < 1.29 is 18.5 Å². The summed E-state index contributed by atoms with van der Waals surface area (Å²) in [5.74, 6) is -0.175. The number of nitrogens with zero attached hydrogens (tertiary/aromatic N) is 5. The number of aromatic nitrogens is 2. The molecule has 1 saturated heterocycles. The first-order valence-electron chi connectivity index (χ1n) is 10.6. The van der Waals surface area contributed by atoms with E-state index in [0.29, 0.717) is 37.2 Å². The van der Waals surface area contributed by atoms with Gasteiger partial charge in [-0.2, -0.15) is 8.78 Å². The molecule has 1 aliphatic heterocycles. The van der Waals surface area contributed by atoms with Gasteiger partial charge in [-0.1, -0.05) is 19.1 Å². The Morgan fingerprint density at radius 1 is 1.12 bits per heavy atom. The molecule has 1 aliphatic rings. The summed E-state index contributed by atoms with van der Waals surface area (Å²) in [5, 5.41) is 13.6. The van der Waals surface area contributed by atoms with E-state index in [9.17, 15) is 23.7 Å². The molecular formula is C22H24F2N6O3. The maximum atomic E-state index is 13.7. The number of urea groups is 1. The first kappa shape index (κ1) is 22.4. The van der Waals surface area contributed by atoms with Gasteiger partial charge in [0, 0.05) is 56.5 Å². The number of fused-ring (bicyclic) bond motifs is 1. The van der Waals surface area contributed by atoms with Gasteiger partial charge >= 0.3 is 12.6 Å². The number of piperazine rings is 1. The fourth-order valence-electron chi connectivity index (χ4n) is 4.01. The summed E-state index contributed by atoms with van der Waals surface area (Å²) < 4.78 is 28.2. The lowest BCUT2D eigenvalue weighted by Gasteiger charge is -2.36. The van der Waals surface area contributed by atoms with Crippen molar-refractivity contribution in [3.63, 3.8) is 0 Å². The lowest BCUT2D eigenvalue weighted by atomic mass is 10.1. The molecule has 2 aromatic carbocycles. The fraction of sp³-hybridized carbons (Fsp3) is 0.364. The average molecular weight is 458 g/mol. The van der Waals surface area contributed by atoms with Crippen molar-refractivity contribution in [3.05, 3.63) is 64.5 Å². The Kier molecular flexibility index (Phi) is 6.38. The number of rotatable bonds is 6. The number of nitro groups is 1. The quantitative estimate of drug-likeness (QED) is 0.445. The number of benzene rings is 2. The van der Waals surface area contributed by atoms with E-state index in [2.05, 4.69) is 15.2 Å². The highest BCUT2D eigenvalue weighted by atomic mass is 19.3. The highest BCUT2D eigenvalue weighted by Gasteiger charge is 2.25. The SMILES string of the molecule is C[C@H](CNC(=O)N1CCN(c2ccc([N+](=O)[O-])cc2)CC1)c1nc2ccccc2n1C(F)F. The Hall–Kier alpha value is -3.76. The number of nitro benzene ring substituents is 1. The van der Waals surface area contributed by atoms with E-state index in [0.717, 1.165) is 10.3 Å². The van der Waals surface area contributed by atoms with Crippen LogP contribution in [0.1, 0.15) is 25.2 Å². The Labute approximate surface area is 188 Å². The fourth-order valence-corrected chi connectivity index (χ4v) is 4.01. The largest absolute Gasteiger partial charge is 0.368 e. The van der Waals surface area contributed by atoms with Crippen LogP contribution in [0.2, 0.25) is 0 Å². The average Bonchev–Trinajstić information content (AvgIpc) is 3.22. The van der Waals surface area contributed by atoms with Gasteiger partial charge in [-0.05, 0) is 24.3 Å². The van der Waals surface area contributed by atoms with Gasteiger partial charge in [0.15, 0.2) is 0 Å². The van der Waals surface area contributed by atoms with Crippen molar-refractivity contribution in [3.8, 4) is 0 Å². The summed E-state index contributed by atoms with van der Waals surface area (Å²) in [5.41, 5.74) is 1.75. The third-order valence-corrected chi connectivity index (χ3v) is 5.81. The number of amides is 2. The van der Waals surface area contributed by atoms with E-state index in [1.165, 1.54) is 12.1 Å². The number of halogens is 2. The van der Waals surface area contributed by atoms with Crippen LogP contribution in [-0.4, -0.2) is 58.1 Å². The van der Waals surface area contributed by atoms with Crippen molar-refractivity contribution in [2.75, 3.05) is 37.6 Å². The van der Waals surface area contributed by atoms with Crippen LogP contribution in [0.5, 0.6) is 0 Å². The number of non-ortho nitro benzene ring substituents is 1. The summed E-state index contributed by atoms with van der Waals surface area (Å²) in [6, 6.07) is 12.8. The second-order valence-corrected chi connectivity index (χ2v) is 7.94. The number of anilines is 1. The monoisotopic (exact) mass is 458 g/mol. The Bertz CT molecular complexity index is 1140. The first-order chi connectivity index (χ1) is 15.8. The smallest absolute Gasteiger partial charge is 0.320 e. The van der Waals surface area contributed by atoms with E-state index in [-0.39, 0.29) is 24.1 Å². The van der Waals surface area contributed by atoms with Gasteiger partial charge in [0.05, 0.1) is 16.0 Å². The molecule has 174 valence electrons. The highest BCUT2D eigenvalue weighted by molar-refractivity contribution is 5.76. The molecule has 0 radical (unpaired) electrons. The minimum atomic E-state index is -2.72. The Morgan fingerprint density at radius 2 is 1.79 bits per heavy atom. The number of alkyl halides is 2. The summed E-state index contributed by atoms with van der Waals surface area (Å²) in [6.45, 7) is 1.34. The molecule has 3 aromatic rings. The molecule has 0 bridgehead atoms. The van der Waals surface area contributed by atoms with Crippen LogP contribution in [0.15, 0.2) is 48.5 Å². The molecule has 2 amide bonds. The second-order valence-electron chi connectivity index (χ2n) is 7.94. The zero-order chi connectivity index (χ0) is 23.5. The molecular weight excluding hydrogens is 434 g/mol. The van der Waals surface area contributed by atoms with Crippen LogP contribution in [0.25, 0.3) is 11.0 Å². The van der Waals surface area contributed by atoms with Gasteiger partial charge in [-0.25, -0.2) is 9.78 Å². The van der Waals surface area contributed by atoms with E-state index >= 15 is 0 Å². The maximum absolute atomic E-state index is 13.7. The number of carbonyl (C=O) groups is 1. The maximum Gasteiger partial charge on any atom is 0.320 e. The Balaban J connectivity index is 1.33. The molecule has 1 N–H and O–H groups in total. The van der Waals surface area contributed by atoms with Crippen LogP contribution in [-0.2, 0) is 0 Å². The zero-order valence-corrected chi connectivity index (χ0v) is 18.0. The molecule has 2 heterocycles. The van der Waals surface area contributed by atoms with Crippen molar-refractivity contribution in [2.45, 2.75) is 19.4 Å². The van der Waals surface area contributed by atoms with Crippen LogP contribution in [0, 0.1) is 10.1 Å². The Morgan fingerprint density at radius 3 is 2.42 bits per heavy atom. The molecule has 11 heteroatoms. The van der Waals surface area contributed by atoms with Crippen molar-refractivity contribution in [1.29, 1.82) is 0 Å². The van der Waals surface area contributed by atoms with Gasteiger partial charge < -0.3 is 15.1 Å². The first-order valence-corrected chi connectivity index (χ1v) is 10.6. The molecule has 1 fully saturated rings. The number of hydrogen-bond acceptors (Lipinski definition) is 5. The number of carbonyl (C=O) groups excluding carboxylic acids is 1. The third-order valence-electron chi connectivity index (χ3n) is 5.81. The molecule has 0 unspecified atom stereocenters. The molecule has 0 aliphatic carbocycles. The minimum Gasteiger partial charge on any atom is -0.368 e. The van der Waals surface area contributed by atoms with Gasteiger partial charge in [0.1, 0.15) is 5.82 Å². The number of nitrogens with one attached hydrogen (secondary N) is 1. The van der Waals surface area contributed by atoms with Gasteiger partial charge in [-0.3, -0.25) is 14.7 Å². The number of imidazole rings is 1. The highest BCUT2D eigenvalue weighted by Crippen LogP contribution is 2.27. The normalized spacial score (nSPS) is 15.2. The lowest BCUT2D eigenvalue weighted by Crippen LogP contribution is -2.52. The summed E-state index contributed by atoms with van der Waals surface area (Å²) >= 11 is 0. The molecule has 0 spiro atoms. The molecule has 9 nitrogen and oxygen atoms in total. The van der Waals surface area contributed by atoms with E-state index in [1.807, 2.05) is 0 Å². The summed E-state index contributed by atoms with van der Waals surface area (Å²) in [7, 11) is 0. The van der Waals surface area contributed by atoms with Gasteiger partial charge in [-0.15, -0.1) is 0 Å². The van der Waals surface area contributed by atoms with Gasteiger partial charge in [0.25, 0.3) is 5.69 Å². The van der Waals surface area contributed by atoms with E-state index in [1.54, 1.807) is 48.2 Å². The predicted octanol–water partition coefficient (Wildman–Crippen LogP) is 3.97. The van der Waals surface area contributed by atoms with E-state index in [4.69, 9.17) is 0 Å². The molecule has 1 atom stereocenters. The van der Waals surface area contributed by atoms with Gasteiger partial charge in [0.2, 0.25) is 0 Å². The van der Waals surface area contributed by atoms with E-state index < -0.39 is 17.4 Å². The second kappa shape index (κ2) is 9.39. The number of hydrogen-bond donors (Lipinski definition) is 1. The molecule has 1 aromatic heterocycles. The van der Waals surface area contributed by atoms with Crippen LogP contribution >= 0.6 is 0 Å². The minimum absolute atomic E-state index is 0.0336. The summed E-state index contributed by atoms with van der Waals surface area (Å²) in [6.07, 6.45) is 0. The lowest BCUT2D eigenvalue weighted by molar-refractivity contribution is -0.384. The predicted molar refractivity (Wildman–Crippen MR) is 120 cm³/mol. The van der Waals surface area contributed by atoms with Crippen molar-refractivity contribution >= 4 is 28.4 Å². The topological polar surface area (TPSA) is 96.5 Å². The molecule has 33 heavy (non-hydrogen) atoms. The molecule has 4 rings (SSSR count). The van der Waals surface area contributed by atoms with Crippen LogP contribution < -0.4 is 10.2 Å². The van der Waals surface area contributed by atoms with Crippen LogP contribution in [0.3, 0.4) is 0 Å². The molecule has 0 saturated carbocycles. The zero-order valence-electron chi connectivity index (χ0n) is 18.0. The van der Waals surface area contributed by atoms with Crippen molar-refractivity contribution in [1.82, 2.24) is 19.8 Å².